The van der Waals surface area contributed by atoms with Crippen molar-refractivity contribution in [2.45, 2.75) is 58.4 Å². The van der Waals surface area contributed by atoms with Crippen molar-refractivity contribution in [2.75, 3.05) is 13.7 Å². The molecule has 1 aliphatic rings. The van der Waals surface area contributed by atoms with E-state index in [1.807, 2.05) is 0 Å². The average Bonchev–Trinajstić information content (AvgIpc) is 2.80. The Hall–Kier alpha value is -3.93. The summed E-state index contributed by atoms with van der Waals surface area (Å²) in [4.78, 5) is 59.6. The number of carbonyl (C=O) groups excluding carboxylic acids is 5. The van der Waals surface area contributed by atoms with Crippen molar-refractivity contribution < 1.29 is 57.1 Å². The average molecular weight is 508 g/mol. The first-order valence-electron chi connectivity index (χ1n) is 10.8. The van der Waals surface area contributed by atoms with Crippen LogP contribution in [0.25, 0.3) is 6.08 Å². The summed E-state index contributed by atoms with van der Waals surface area (Å²) in [5, 5.41) is 0. The van der Waals surface area contributed by atoms with Gasteiger partial charge in [-0.2, -0.15) is 0 Å². The highest BCUT2D eigenvalue weighted by molar-refractivity contribution is 5.91. The van der Waals surface area contributed by atoms with Gasteiger partial charge in [-0.3, -0.25) is 19.2 Å². The first kappa shape index (κ1) is 28.3. The highest BCUT2D eigenvalue weighted by Gasteiger charge is 2.53. The molecular weight excluding hydrogens is 480 g/mol. The van der Waals surface area contributed by atoms with Crippen LogP contribution in [0.1, 0.15) is 33.3 Å². The van der Waals surface area contributed by atoms with Crippen LogP contribution in [-0.2, 0) is 57.1 Å². The first-order chi connectivity index (χ1) is 17.0. The molecule has 1 aromatic rings. The number of ether oxygens (including phenoxy) is 7. The molecule has 5 atom stereocenters. The van der Waals surface area contributed by atoms with Gasteiger partial charge in [0.1, 0.15) is 12.7 Å². The number of benzene rings is 1. The summed E-state index contributed by atoms with van der Waals surface area (Å²) in [7, 11) is 1.14. The van der Waals surface area contributed by atoms with Gasteiger partial charge in [-0.1, -0.05) is 30.3 Å². The van der Waals surface area contributed by atoms with E-state index in [1.165, 1.54) is 6.08 Å². The van der Waals surface area contributed by atoms with Gasteiger partial charge >= 0.3 is 29.8 Å². The van der Waals surface area contributed by atoms with Gasteiger partial charge in [0.2, 0.25) is 18.2 Å². The Balaban J connectivity index is 2.54. The lowest BCUT2D eigenvalue weighted by atomic mass is 9.98. The third kappa shape index (κ3) is 8.38. The Morgan fingerprint density at radius 3 is 1.86 bits per heavy atom. The van der Waals surface area contributed by atoms with Gasteiger partial charge in [-0.25, -0.2) is 4.79 Å². The monoisotopic (exact) mass is 508 g/mol. The molecule has 196 valence electrons. The van der Waals surface area contributed by atoms with Crippen LogP contribution in [0.4, 0.5) is 0 Å². The Bertz CT molecular complexity index is 986. The van der Waals surface area contributed by atoms with Crippen molar-refractivity contribution in [3.05, 3.63) is 41.7 Å². The van der Waals surface area contributed by atoms with Crippen molar-refractivity contribution >= 4 is 35.9 Å². The molecule has 36 heavy (non-hydrogen) atoms. The number of carbonyl (C=O) groups is 5. The lowest BCUT2D eigenvalue weighted by Crippen LogP contribution is -2.63. The van der Waals surface area contributed by atoms with E-state index in [-0.39, 0.29) is 5.76 Å². The van der Waals surface area contributed by atoms with Crippen LogP contribution in [0, 0.1) is 0 Å². The number of hydrogen-bond acceptors (Lipinski definition) is 12. The van der Waals surface area contributed by atoms with E-state index in [4.69, 9.17) is 33.2 Å². The van der Waals surface area contributed by atoms with Crippen LogP contribution in [0.3, 0.4) is 0 Å². The van der Waals surface area contributed by atoms with E-state index >= 15 is 0 Å². The van der Waals surface area contributed by atoms with Crippen LogP contribution in [0.15, 0.2) is 36.1 Å². The molecule has 1 saturated heterocycles. The van der Waals surface area contributed by atoms with Gasteiger partial charge in [0.15, 0.2) is 12.2 Å². The fourth-order valence-electron chi connectivity index (χ4n) is 3.35. The zero-order chi connectivity index (χ0) is 26.8. The molecule has 2 rings (SSSR count). The summed E-state index contributed by atoms with van der Waals surface area (Å²) in [5.74, 6) is -4.25. The molecule has 0 unspecified atom stereocenters. The lowest BCUT2D eigenvalue weighted by molar-refractivity contribution is -0.299. The standard InChI is InChI=1S/C24H28O12/c1-13(25)31-12-19-20(32-14(2)26)21(33-15(3)27)22(34-16(4)28)24(36-19)35-18(23(29)30-5)11-17-9-7-6-8-10-17/h6-11,19-22,24H,12H2,1-5H3/b18-11+/t19-,20-,21+,22-,24-/m1/s1. The van der Waals surface area contributed by atoms with Crippen molar-refractivity contribution in [3.63, 3.8) is 0 Å². The molecular formula is C24H28O12. The molecule has 0 saturated carbocycles. The second kappa shape index (κ2) is 13.2. The smallest absolute Gasteiger partial charge is 0.373 e. The molecule has 0 N–H and O–H groups in total. The van der Waals surface area contributed by atoms with E-state index in [9.17, 15) is 24.0 Å². The highest BCUT2D eigenvalue weighted by Crippen LogP contribution is 2.31. The predicted molar refractivity (Wildman–Crippen MR) is 119 cm³/mol. The lowest BCUT2D eigenvalue weighted by Gasteiger charge is -2.43. The van der Waals surface area contributed by atoms with Crippen LogP contribution in [-0.4, -0.2) is 74.3 Å². The molecule has 1 fully saturated rings. The topological polar surface area (TPSA) is 150 Å². The fraction of sp³-hybridized carbons (Fsp3) is 0.458. The normalized spacial score (nSPS) is 23.6. The van der Waals surface area contributed by atoms with E-state index in [2.05, 4.69) is 0 Å². The highest BCUT2D eigenvalue weighted by atomic mass is 16.7. The quantitative estimate of drug-likeness (QED) is 0.205. The molecule has 0 radical (unpaired) electrons. The molecule has 0 aliphatic carbocycles. The van der Waals surface area contributed by atoms with Gasteiger partial charge in [0.25, 0.3) is 0 Å². The molecule has 1 heterocycles. The molecule has 1 aromatic carbocycles. The maximum absolute atomic E-state index is 12.5. The van der Waals surface area contributed by atoms with E-state index < -0.39 is 67.2 Å². The van der Waals surface area contributed by atoms with Crippen LogP contribution < -0.4 is 0 Å². The minimum Gasteiger partial charge on any atom is -0.463 e. The Morgan fingerprint density at radius 2 is 1.33 bits per heavy atom. The van der Waals surface area contributed by atoms with Gasteiger partial charge in [0.05, 0.1) is 7.11 Å². The van der Waals surface area contributed by atoms with E-state index in [0.29, 0.717) is 5.56 Å². The summed E-state index contributed by atoms with van der Waals surface area (Å²) in [6, 6.07) is 8.62. The molecule has 0 aromatic heterocycles. The van der Waals surface area contributed by atoms with Crippen LogP contribution in [0.5, 0.6) is 0 Å². The van der Waals surface area contributed by atoms with E-state index in [1.54, 1.807) is 30.3 Å². The minimum atomic E-state index is -1.57. The third-order valence-electron chi connectivity index (χ3n) is 4.68. The minimum absolute atomic E-state index is 0.329. The van der Waals surface area contributed by atoms with Crippen molar-refractivity contribution in [1.82, 2.24) is 0 Å². The van der Waals surface area contributed by atoms with Crippen molar-refractivity contribution in [3.8, 4) is 0 Å². The maximum atomic E-state index is 12.5. The fourth-order valence-corrected chi connectivity index (χ4v) is 3.35. The summed E-state index contributed by atoms with van der Waals surface area (Å²) in [5.41, 5.74) is 0.573. The van der Waals surface area contributed by atoms with Gasteiger partial charge in [-0.05, 0) is 11.6 Å². The zero-order valence-electron chi connectivity index (χ0n) is 20.5. The summed E-state index contributed by atoms with van der Waals surface area (Å²) in [6.45, 7) is 4.01. The second-order valence-electron chi connectivity index (χ2n) is 7.60. The maximum Gasteiger partial charge on any atom is 0.373 e. The molecule has 0 spiro atoms. The summed E-state index contributed by atoms with van der Waals surface area (Å²) >= 11 is 0. The number of rotatable bonds is 9. The third-order valence-corrected chi connectivity index (χ3v) is 4.68. The summed E-state index contributed by atoms with van der Waals surface area (Å²) in [6.07, 6.45) is -5.72. The first-order valence-corrected chi connectivity index (χ1v) is 10.8. The Labute approximate surface area is 207 Å². The van der Waals surface area contributed by atoms with Crippen LogP contribution in [0.2, 0.25) is 0 Å². The SMILES string of the molecule is COC(=O)/C(=C\c1ccccc1)O[C@@H]1O[C@H](COC(C)=O)[C@@H](OC(C)=O)[C@H](OC(C)=O)[C@H]1OC(C)=O. The second-order valence-corrected chi connectivity index (χ2v) is 7.60. The van der Waals surface area contributed by atoms with Crippen molar-refractivity contribution in [2.24, 2.45) is 0 Å². The molecule has 0 amide bonds. The molecule has 0 bridgehead atoms. The van der Waals surface area contributed by atoms with Gasteiger partial charge in [0, 0.05) is 27.7 Å². The largest absolute Gasteiger partial charge is 0.463 e. The summed E-state index contributed by atoms with van der Waals surface area (Å²) < 4.78 is 37.4. The Kier molecular flexibility index (Phi) is 10.4. The number of methoxy groups -OCH3 is 1. The molecule has 12 heteroatoms. The predicted octanol–water partition coefficient (Wildman–Crippen LogP) is 1.30. The molecule has 1 aliphatic heterocycles. The number of hydrogen-bond donors (Lipinski definition) is 0. The van der Waals surface area contributed by atoms with Gasteiger partial charge in [-0.15, -0.1) is 0 Å². The number of esters is 5. The van der Waals surface area contributed by atoms with Crippen molar-refractivity contribution in [1.29, 1.82) is 0 Å². The molecule has 12 nitrogen and oxygen atoms in total. The van der Waals surface area contributed by atoms with Gasteiger partial charge < -0.3 is 33.2 Å². The zero-order valence-corrected chi connectivity index (χ0v) is 20.5. The Morgan fingerprint density at radius 1 is 0.778 bits per heavy atom. The van der Waals surface area contributed by atoms with Crippen LogP contribution >= 0.6 is 0 Å². The van der Waals surface area contributed by atoms with E-state index in [0.717, 1.165) is 34.8 Å².